The van der Waals surface area contributed by atoms with Gasteiger partial charge in [0.1, 0.15) is 0 Å². The second kappa shape index (κ2) is 4.38. The van der Waals surface area contributed by atoms with Crippen molar-refractivity contribution in [3.63, 3.8) is 0 Å². The van der Waals surface area contributed by atoms with Crippen LogP contribution in [0.1, 0.15) is 26.7 Å². The molecule has 0 bridgehead atoms. The van der Waals surface area contributed by atoms with Crippen LogP contribution in [0.15, 0.2) is 0 Å². The largest absolute Gasteiger partial charge is 0.313 e. The third-order valence-corrected chi connectivity index (χ3v) is 2.22. The number of piperidine rings is 1. The minimum Gasteiger partial charge on any atom is -0.313 e. The van der Waals surface area contributed by atoms with Crippen LogP contribution in [-0.4, -0.2) is 18.5 Å². The Hall–Kier alpha value is 0.110. The van der Waals surface area contributed by atoms with Gasteiger partial charge in [-0.25, -0.2) is 8.78 Å². The molecule has 0 radical (unpaired) electrons. The first-order valence-corrected chi connectivity index (χ1v) is 4.12. The van der Waals surface area contributed by atoms with E-state index >= 15 is 0 Å². The summed E-state index contributed by atoms with van der Waals surface area (Å²) in [6.45, 7) is 4.40. The van der Waals surface area contributed by atoms with E-state index in [0.29, 0.717) is 12.5 Å². The second-order valence-corrected chi connectivity index (χ2v) is 3.61. The lowest BCUT2D eigenvalue weighted by molar-refractivity contribution is -0.0465. The highest BCUT2D eigenvalue weighted by Gasteiger charge is 2.36. The molecule has 0 saturated carbocycles. The Bertz CT molecular complexity index is 139. The predicted octanol–water partition coefficient (Wildman–Crippen LogP) is 2.45. The predicted molar refractivity (Wildman–Crippen MR) is 48.1 cm³/mol. The van der Waals surface area contributed by atoms with Crippen LogP contribution in [0.25, 0.3) is 0 Å². The van der Waals surface area contributed by atoms with Gasteiger partial charge in [-0.15, -0.1) is 12.4 Å². The zero-order chi connectivity index (χ0) is 8.48. The summed E-state index contributed by atoms with van der Waals surface area (Å²) in [6, 6.07) is -0.00116. The van der Waals surface area contributed by atoms with Crippen LogP contribution in [0.3, 0.4) is 0 Å². The van der Waals surface area contributed by atoms with Gasteiger partial charge in [0.05, 0.1) is 0 Å². The number of hydrogen-bond acceptors (Lipinski definition) is 1. The summed E-state index contributed by atoms with van der Waals surface area (Å²) in [4.78, 5) is 0. The minimum atomic E-state index is -2.43. The maximum atomic E-state index is 12.8. The zero-order valence-corrected chi connectivity index (χ0v) is 8.26. The summed E-state index contributed by atoms with van der Waals surface area (Å²) in [6.07, 6.45) is 0.000880. The molecule has 0 spiro atoms. The number of rotatable bonds is 1. The average Bonchev–Trinajstić information content (AvgIpc) is 1.85. The monoisotopic (exact) mass is 199 g/mol. The fourth-order valence-corrected chi connectivity index (χ4v) is 1.41. The van der Waals surface area contributed by atoms with Crippen molar-refractivity contribution in [3.05, 3.63) is 0 Å². The van der Waals surface area contributed by atoms with Crippen LogP contribution in [0.4, 0.5) is 8.78 Å². The van der Waals surface area contributed by atoms with Gasteiger partial charge in [0, 0.05) is 25.4 Å². The van der Waals surface area contributed by atoms with Gasteiger partial charge in [-0.1, -0.05) is 13.8 Å². The first-order valence-electron chi connectivity index (χ1n) is 4.12. The molecule has 0 aromatic carbocycles. The molecule has 1 atom stereocenters. The molecule has 1 nitrogen and oxygen atoms in total. The molecular formula is C8H16ClF2N. The summed E-state index contributed by atoms with van der Waals surface area (Å²) in [5.74, 6) is -2.12. The maximum Gasteiger partial charge on any atom is 0.250 e. The van der Waals surface area contributed by atoms with Gasteiger partial charge in [-0.3, -0.25) is 0 Å². The fourth-order valence-electron chi connectivity index (χ4n) is 1.41. The smallest absolute Gasteiger partial charge is 0.250 e. The van der Waals surface area contributed by atoms with Gasteiger partial charge >= 0.3 is 0 Å². The van der Waals surface area contributed by atoms with Crippen LogP contribution >= 0.6 is 12.4 Å². The molecule has 1 saturated heterocycles. The van der Waals surface area contributed by atoms with Gasteiger partial charge in [0.2, 0.25) is 0 Å². The summed E-state index contributed by atoms with van der Waals surface area (Å²) < 4.78 is 25.5. The molecule has 1 heterocycles. The van der Waals surface area contributed by atoms with E-state index in [1.807, 2.05) is 13.8 Å². The van der Waals surface area contributed by atoms with Gasteiger partial charge < -0.3 is 5.32 Å². The van der Waals surface area contributed by atoms with Crippen LogP contribution in [-0.2, 0) is 0 Å². The molecule has 0 amide bonds. The van der Waals surface area contributed by atoms with Gasteiger partial charge in [-0.2, -0.15) is 0 Å². The Morgan fingerprint density at radius 1 is 1.42 bits per heavy atom. The molecule has 4 heteroatoms. The van der Waals surface area contributed by atoms with Crippen molar-refractivity contribution in [2.75, 3.05) is 6.54 Å². The third-order valence-electron chi connectivity index (χ3n) is 2.22. The topological polar surface area (TPSA) is 12.0 Å². The van der Waals surface area contributed by atoms with Crippen LogP contribution in [0, 0.1) is 5.92 Å². The van der Waals surface area contributed by atoms with Crippen molar-refractivity contribution < 1.29 is 8.78 Å². The lowest BCUT2D eigenvalue weighted by Crippen LogP contribution is -2.46. The molecule has 1 N–H and O–H groups in total. The van der Waals surface area contributed by atoms with Crippen molar-refractivity contribution >= 4 is 12.4 Å². The van der Waals surface area contributed by atoms with E-state index in [-0.39, 0.29) is 31.3 Å². The van der Waals surface area contributed by atoms with E-state index < -0.39 is 5.92 Å². The molecule has 1 aliphatic rings. The first kappa shape index (κ1) is 12.1. The van der Waals surface area contributed by atoms with Gasteiger partial charge in [-0.05, 0) is 5.92 Å². The average molecular weight is 200 g/mol. The van der Waals surface area contributed by atoms with Crippen molar-refractivity contribution in [1.29, 1.82) is 0 Å². The van der Waals surface area contributed by atoms with E-state index in [2.05, 4.69) is 5.32 Å². The minimum absolute atomic E-state index is 0. The Kier molecular flexibility index (Phi) is 4.42. The summed E-state index contributed by atoms with van der Waals surface area (Å²) >= 11 is 0. The molecule has 1 aliphatic heterocycles. The van der Waals surface area contributed by atoms with E-state index in [4.69, 9.17) is 0 Å². The van der Waals surface area contributed by atoms with Gasteiger partial charge in [0.25, 0.3) is 5.92 Å². The molecule has 0 aliphatic carbocycles. The standard InChI is InChI=1S/C8H15F2N.ClH/c1-6(2)7-5-8(9,10)3-4-11-7;/h6-7,11H,3-5H2,1-2H3;1H. The molecule has 1 rings (SSSR count). The molecule has 74 valence electrons. The van der Waals surface area contributed by atoms with Crippen LogP contribution in [0.5, 0.6) is 0 Å². The Labute approximate surface area is 78.3 Å². The number of hydrogen-bond donors (Lipinski definition) is 1. The van der Waals surface area contributed by atoms with Gasteiger partial charge in [0.15, 0.2) is 0 Å². The third kappa shape index (κ3) is 3.23. The van der Waals surface area contributed by atoms with Crippen LogP contribution < -0.4 is 5.32 Å². The van der Waals surface area contributed by atoms with E-state index in [0.717, 1.165) is 0 Å². The lowest BCUT2D eigenvalue weighted by Gasteiger charge is -2.32. The van der Waals surface area contributed by atoms with E-state index in [1.54, 1.807) is 0 Å². The van der Waals surface area contributed by atoms with E-state index in [1.165, 1.54) is 0 Å². The molecule has 1 unspecified atom stereocenters. The highest BCUT2D eigenvalue weighted by Crippen LogP contribution is 2.29. The van der Waals surface area contributed by atoms with Crippen molar-refractivity contribution in [2.45, 2.75) is 38.7 Å². The summed E-state index contributed by atoms with van der Waals surface area (Å²) in [7, 11) is 0. The van der Waals surface area contributed by atoms with Crippen LogP contribution in [0.2, 0.25) is 0 Å². The van der Waals surface area contributed by atoms with Crippen molar-refractivity contribution in [2.24, 2.45) is 5.92 Å². The Balaban J connectivity index is 0.00000121. The normalized spacial score (nSPS) is 28.2. The Morgan fingerprint density at radius 2 is 2.00 bits per heavy atom. The number of alkyl halides is 2. The summed E-state index contributed by atoms with van der Waals surface area (Å²) in [5, 5.41) is 3.09. The maximum absolute atomic E-state index is 12.8. The van der Waals surface area contributed by atoms with Crippen molar-refractivity contribution in [3.8, 4) is 0 Å². The molecule has 0 aromatic heterocycles. The molecular weight excluding hydrogens is 184 g/mol. The highest BCUT2D eigenvalue weighted by atomic mass is 35.5. The summed E-state index contributed by atoms with van der Waals surface area (Å²) in [5.41, 5.74) is 0. The fraction of sp³-hybridized carbons (Fsp3) is 1.00. The SMILES string of the molecule is CC(C)C1CC(F)(F)CCN1.Cl. The van der Waals surface area contributed by atoms with E-state index in [9.17, 15) is 8.78 Å². The highest BCUT2D eigenvalue weighted by molar-refractivity contribution is 5.85. The molecule has 12 heavy (non-hydrogen) atoms. The van der Waals surface area contributed by atoms with Crippen molar-refractivity contribution in [1.82, 2.24) is 5.32 Å². The zero-order valence-electron chi connectivity index (χ0n) is 7.44. The number of halogens is 3. The second-order valence-electron chi connectivity index (χ2n) is 3.61. The lowest BCUT2D eigenvalue weighted by atomic mass is 9.93. The molecule has 0 aromatic rings. The molecule has 1 fully saturated rings. The first-order chi connectivity index (χ1) is 5.01. The Morgan fingerprint density at radius 3 is 2.33 bits per heavy atom. The number of nitrogens with one attached hydrogen (secondary N) is 1. The quantitative estimate of drug-likeness (QED) is 0.684.